The van der Waals surface area contributed by atoms with E-state index < -0.39 is 6.04 Å². The number of amides is 2. The summed E-state index contributed by atoms with van der Waals surface area (Å²) in [6.07, 6.45) is 5.20. The zero-order valence-electron chi connectivity index (χ0n) is 10.9. The average Bonchev–Trinajstić information content (AvgIpc) is 2.86. The van der Waals surface area contributed by atoms with Crippen LogP contribution in [0.3, 0.4) is 0 Å². The number of carbonyl (C=O) groups excluding carboxylic acids is 2. The third kappa shape index (κ3) is 2.73. The summed E-state index contributed by atoms with van der Waals surface area (Å²) in [7, 11) is 0. The second-order valence-corrected chi connectivity index (χ2v) is 4.17. The van der Waals surface area contributed by atoms with Crippen LogP contribution in [0.5, 0.6) is 0 Å². The molecule has 0 fully saturated rings. The molecule has 2 amide bonds. The molecular weight excluding hydrogens is 244 g/mol. The molecule has 19 heavy (non-hydrogen) atoms. The van der Waals surface area contributed by atoms with Crippen LogP contribution in [0.1, 0.15) is 24.2 Å². The smallest absolute Gasteiger partial charge is 0.255 e. The van der Waals surface area contributed by atoms with Crippen molar-refractivity contribution in [1.29, 1.82) is 0 Å². The van der Waals surface area contributed by atoms with Crippen LogP contribution in [0.15, 0.2) is 30.7 Å². The molecule has 0 radical (unpaired) electrons. The van der Waals surface area contributed by atoms with E-state index in [-0.39, 0.29) is 11.8 Å². The van der Waals surface area contributed by atoms with E-state index in [2.05, 4.69) is 15.6 Å². The van der Waals surface area contributed by atoms with E-state index in [1.165, 1.54) is 0 Å². The molecule has 0 spiro atoms. The molecule has 2 aromatic heterocycles. The molecule has 2 N–H and O–H groups in total. The Kier molecular flexibility index (Phi) is 3.79. The van der Waals surface area contributed by atoms with Crippen LogP contribution in [0.4, 0.5) is 0 Å². The Morgan fingerprint density at radius 1 is 1.42 bits per heavy atom. The van der Waals surface area contributed by atoms with E-state index in [0.29, 0.717) is 17.8 Å². The summed E-state index contributed by atoms with van der Waals surface area (Å²) in [6.45, 7) is 4.02. The number of fused-ring (bicyclic) bond motifs is 1. The molecule has 1 atom stereocenters. The minimum absolute atomic E-state index is 0.203. The van der Waals surface area contributed by atoms with Crippen LogP contribution in [0, 0.1) is 0 Å². The quantitative estimate of drug-likeness (QED) is 0.844. The lowest BCUT2D eigenvalue weighted by molar-refractivity contribution is -0.122. The van der Waals surface area contributed by atoms with Gasteiger partial charge in [-0.1, -0.05) is 0 Å². The van der Waals surface area contributed by atoms with Gasteiger partial charge in [0.25, 0.3) is 5.91 Å². The molecule has 0 aliphatic heterocycles. The number of likely N-dealkylation sites (N-methyl/N-ethyl adjacent to an activating group) is 1. The first-order valence-corrected chi connectivity index (χ1v) is 6.13. The molecule has 2 aromatic rings. The fourth-order valence-electron chi connectivity index (χ4n) is 1.79. The summed E-state index contributed by atoms with van der Waals surface area (Å²) in [5, 5.41) is 5.32. The molecule has 100 valence electrons. The lowest BCUT2D eigenvalue weighted by Gasteiger charge is -2.13. The van der Waals surface area contributed by atoms with Gasteiger partial charge >= 0.3 is 0 Å². The van der Waals surface area contributed by atoms with Crippen LogP contribution < -0.4 is 10.6 Å². The van der Waals surface area contributed by atoms with Gasteiger partial charge in [0, 0.05) is 25.1 Å². The Morgan fingerprint density at radius 2 is 2.21 bits per heavy atom. The van der Waals surface area contributed by atoms with Crippen molar-refractivity contribution in [3.63, 3.8) is 0 Å². The monoisotopic (exact) mass is 260 g/mol. The van der Waals surface area contributed by atoms with Gasteiger partial charge in [0.15, 0.2) is 0 Å². The maximum atomic E-state index is 12.1. The van der Waals surface area contributed by atoms with E-state index in [0.717, 1.165) is 0 Å². The number of pyridine rings is 1. The van der Waals surface area contributed by atoms with E-state index in [1.54, 1.807) is 35.9 Å². The topological polar surface area (TPSA) is 75.5 Å². The highest BCUT2D eigenvalue weighted by Gasteiger charge is 2.17. The standard InChI is InChI=1S/C13H16N4O2/c1-3-14-12(18)9(2)16-13(19)10-5-4-7-17-8-6-15-11(10)17/h4-9H,3H2,1-2H3,(H,14,18)(H,16,19)/t9-/m0/s1. The van der Waals surface area contributed by atoms with Gasteiger partial charge < -0.3 is 15.0 Å². The Labute approximate surface area is 110 Å². The van der Waals surface area contributed by atoms with Crippen molar-refractivity contribution in [1.82, 2.24) is 20.0 Å². The number of imidazole rings is 1. The molecule has 0 unspecified atom stereocenters. The second-order valence-electron chi connectivity index (χ2n) is 4.17. The largest absolute Gasteiger partial charge is 0.355 e. The van der Waals surface area contributed by atoms with Gasteiger partial charge in [0.2, 0.25) is 5.91 Å². The number of nitrogens with one attached hydrogen (secondary N) is 2. The summed E-state index contributed by atoms with van der Waals surface area (Å²) in [5.74, 6) is -0.512. The summed E-state index contributed by atoms with van der Waals surface area (Å²) in [4.78, 5) is 27.8. The molecule has 6 heteroatoms. The van der Waals surface area contributed by atoms with Gasteiger partial charge in [-0.3, -0.25) is 9.59 Å². The first-order chi connectivity index (χ1) is 9.13. The van der Waals surface area contributed by atoms with E-state index >= 15 is 0 Å². The predicted molar refractivity (Wildman–Crippen MR) is 70.8 cm³/mol. The number of rotatable bonds is 4. The number of hydrogen-bond acceptors (Lipinski definition) is 3. The number of carbonyl (C=O) groups is 2. The minimum atomic E-state index is -0.581. The SMILES string of the molecule is CCNC(=O)[C@H](C)NC(=O)c1cccn2ccnc12. The van der Waals surface area contributed by atoms with Gasteiger partial charge in [0.05, 0.1) is 5.56 Å². The molecule has 0 aliphatic rings. The van der Waals surface area contributed by atoms with Crippen molar-refractivity contribution in [2.75, 3.05) is 6.54 Å². The summed E-state index contributed by atoms with van der Waals surface area (Å²) >= 11 is 0. The van der Waals surface area contributed by atoms with Crippen molar-refractivity contribution >= 4 is 17.5 Å². The van der Waals surface area contributed by atoms with E-state index in [9.17, 15) is 9.59 Å². The second kappa shape index (κ2) is 5.51. The van der Waals surface area contributed by atoms with Crippen molar-refractivity contribution in [2.24, 2.45) is 0 Å². The van der Waals surface area contributed by atoms with Gasteiger partial charge in [-0.05, 0) is 26.0 Å². The fraction of sp³-hybridized carbons (Fsp3) is 0.308. The maximum Gasteiger partial charge on any atom is 0.255 e. The molecule has 2 heterocycles. The van der Waals surface area contributed by atoms with Crippen LogP contribution in [0.2, 0.25) is 0 Å². The average molecular weight is 260 g/mol. The number of aromatic nitrogens is 2. The number of hydrogen-bond donors (Lipinski definition) is 2. The van der Waals surface area contributed by atoms with Crippen LogP contribution >= 0.6 is 0 Å². The van der Waals surface area contributed by atoms with Gasteiger partial charge in [0.1, 0.15) is 11.7 Å². The Bertz CT molecular complexity index is 605. The zero-order chi connectivity index (χ0) is 13.8. The predicted octanol–water partition coefficient (Wildman–Crippen LogP) is 0.589. The highest BCUT2D eigenvalue weighted by atomic mass is 16.2. The highest BCUT2D eigenvalue weighted by molar-refractivity contribution is 6.01. The normalized spacial score (nSPS) is 12.1. The minimum Gasteiger partial charge on any atom is -0.355 e. The van der Waals surface area contributed by atoms with E-state index in [1.807, 2.05) is 13.1 Å². The molecule has 6 nitrogen and oxygen atoms in total. The summed E-state index contributed by atoms with van der Waals surface area (Å²) in [5.41, 5.74) is 1.02. The van der Waals surface area contributed by atoms with Crippen LogP contribution in [0.25, 0.3) is 5.65 Å². The summed E-state index contributed by atoms with van der Waals surface area (Å²) < 4.78 is 1.76. The third-order valence-corrected chi connectivity index (χ3v) is 2.76. The maximum absolute atomic E-state index is 12.1. The first kappa shape index (κ1) is 13.1. The Balaban J connectivity index is 2.16. The Morgan fingerprint density at radius 3 is 2.95 bits per heavy atom. The van der Waals surface area contributed by atoms with Gasteiger partial charge in [-0.25, -0.2) is 4.98 Å². The van der Waals surface area contributed by atoms with Crippen LogP contribution in [-0.2, 0) is 4.79 Å². The van der Waals surface area contributed by atoms with Crippen molar-refractivity contribution in [3.8, 4) is 0 Å². The van der Waals surface area contributed by atoms with Crippen molar-refractivity contribution in [2.45, 2.75) is 19.9 Å². The summed E-state index contributed by atoms with van der Waals surface area (Å²) in [6, 6.07) is 2.87. The molecule has 0 saturated carbocycles. The Hall–Kier alpha value is -2.37. The van der Waals surface area contributed by atoms with Gasteiger partial charge in [-0.2, -0.15) is 0 Å². The lowest BCUT2D eigenvalue weighted by Crippen LogP contribution is -2.44. The van der Waals surface area contributed by atoms with Crippen LogP contribution in [-0.4, -0.2) is 33.8 Å². The van der Waals surface area contributed by atoms with Crippen molar-refractivity contribution in [3.05, 3.63) is 36.3 Å². The highest BCUT2D eigenvalue weighted by Crippen LogP contribution is 2.08. The van der Waals surface area contributed by atoms with E-state index in [4.69, 9.17) is 0 Å². The van der Waals surface area contributed by atoms with Crippen molar-refractivity contribution < 1.29 is 9.59 Å². The molecule has 0 aliphatic carbocycles. The van der Waals surface area contributed by atoms with Gasteiger partial charge in [-0.15, -0.1) is 0 Å². The molecule has 2 rings (SSSR count). The fourth-order valence-corrected chi connectivity index (χ4v) is 1.79. The zero-order valence-corrected chi connectivity index (χ0v) is 10.9. The third-order valence-electron chi connectivity index (χ3n) is 2.76. The lowest BCUT2D eigenvalue weighted by atomic mass is 10.2. The molecule has 0 bridgehead atoms. The molecule has 0 aromatic carbocycles. The molecular formula is C13H16N4O2. The first-order valence-electron chi connectivity index (χ1n) is 6.13. The molecule has 0 saturated heterocycles. The number of nitrogens with zero attached hydrogens (tertiary/aromatic N) is 2.